The molecule has 0 spiro atoms. The third kappa shape index (κ3) is 4.23. The van der Waals surface area contributed by atoms with E-state index >= 15 is 0 Å². The summed E-state index contributed by atoms with van der Waals surface area (Å²) in [4.78, 5) is 12.5. The molecule has 1 aliphatic heterocycles. The summed E-state index contributed by atoms with van der Waals surface area (Å²) >= 11 is 0. The second-order valence-electron chi connectivity index (χ2n) is 7.61. The van der Waals surface area contributed by atoms with E-state index in [1.165, 1.54) is 17.0 Å². The van der Waals surface area contributed by atoms with Crippen LogP contribution in [0, 0.1) is 17.8 Å². The van der Waals surface area contributed by atoms with Crippen molar-refractivity contribution >= 4 is 28.3 Å². The molecule has 0 aromatic heterocycles. The number of sulfonamides is 1. The number of fused-ring (bicyclic) bond motifs is 2. The van der Waals surface area contributed by atoms with E-state index in [0.29, 0.717) is 24.9 Å². The van der Waals surface area contributed by atoms with Crippen molar-refractivity contribution in [2.75, 3.05) is 19.3 Å². The van der Waals surface area contributed by atoms with Gasteiger partial charge in [0.25, 0.3) is 0 Å². The maximum atomic E-state index is 12.5. The summed E-state index contributed by atoms with van der Waals surface area (Å²) < 4.78 is 25.0. The topological polar surface area (TPSA) is 92.5 Å². The summed E-state index contributed by atoms with van der Waals surface area (Å²) in [5.74, 6) is 1.11. The van der Waals surface area contributed by atoms with Crippen LogP contribution in [-0.2, 0) is 14.8 Å². The number of carbonyl (C=O) groups excluding carboxylic acids is 1. The summed E-state index contributed by atoms with van der Waals surface area (Å²) in [7, 11) is -3.18. The Kier molecular flexibility index (Phi) is 6.56. The van der Waals surface area contributed by atoms with Crippen LogP contribution in [0.4, 0.5) is 0 Å². The number of rotatable bonds is 4. The molecule has 3 N–H and O–H groups in total. The van der Waals surface area contributed by atoms with Crippen molar-refractivity contribution in [1.82, 2.24) is 9.62 Å². The predicted octanol–water partition coefficient (Wildman–Crippen LogP) is 1.10. The van der Waals surface area contributed by atoms with Crippen molar-refractivity contribution in [2.24, 2.45) is 23.5 Å². The maximum absolute atomic E-state index is 12.5. The van der Waals surface area contributed by atoms with E-state index in [-0.39, 0.29) is 36.3 Å². The van der Waals surface area contributed by atoms with Crippen molar-refractivity contribution < 1.29 is 13.2 Å². The van der Waals surface area contributed by atoms with Gasteiger partial charge in [0.1, 0.15) is 0 Å². The van der Waals surface area contributed by atoms with Gasteiger partial charge in [0, 0.05) is 31.1 Å². The highest BCUT2D eigenvalue weighted by Gasteiger charge is 2.41. The van der Waals surface area contributed by atoms with Gasteiger partial charge in [-0.25, -0.2) is 8.42 Å². The number of nitrogens with two attached hydrogens (primary N) is 1. The molecule has 2 unspecified atom stereocenters. The fourth-order valence-corrected chi connectivity index (χ4v) is 6.00. The lowest BCUT2D eigenvalue weighted by Crippen LogP contribution is -2.50. The van der Waals surface area contributed by atoms with E-state index in [4.69, 9.17) is 5.73 Å². The van der Waals surface area contributed by atoms with Crippen LogP contribution in [0.3, 0.4) is 0 Å². The molecule has 6 nitrogen and oxygen atoms in total. The zero-order chi connectivity index (χ0) is 16.6. The zero-order valence-corrected chi connectivity index (χ0v) is 15.9. The molecule has 2 aliphatic carbocycles. The molecule has 2 bridgehead atoms. The zero-order valence-electron chi connectivity index (χ0n) is 14.3. The van der Waals surface area contributed by atoms with Gasteiger partial charge in [0.2, 0.25) is 15.9 Å². The van der Waals surface area contributed by atoms with Gasteiger partial charge in [0.05, 0.1) is 6.26 Å². The van der Waals surface area contributed by atoms with Gasteiger partial charge < -0.3 is 11.1 Å². The van der Waals surface area contributed by atoms with Gasteiger partial charge in [-0.2, -0.15) is 4.31 Å². The molecule has 3 aliphatic rings. The largest absolute Gasteiger partial charge is 0.354 e. The van der Waals surface area contributed by atoms with Crippen LogP contribution in [-0.4, -0.2) is 50.1 Å². The van der Waals surface area contributed by atoms with E-state index in [1.54, 1.807) is 0 Å². The Balaban J connectivity index is 0.00000208. The SMILES string of the molecule is CS(=O)(=O)N1CCC[C@@H]1CNC(=O)C1CC2CCCC(C1)C2N.Cl. The third-order valence-corrected chi connectivity index (χ3v) is 7.38. The third-order valence-electron chi connectivity index (χ3n) is 6.04. The Bertz CT molecular complexity index is 543. The van der Waals surface area contributed by atoms with E-state index in [9.17, 15) is 13.2 Å². The summed E-state index contributed by atoms with van der Waals surface area (Å²) in [5, 5.41) is 3.01. The first-order valence-electron chi connectivity index (χ1n) is 8.86. The van der Waals surface area contributed by atoms with E-state index < -0.39 is 10.0 Å². The van der Waals surface area contributed by atoms with Crippen molar-refractivity contribution in [1.29, 1.82) is 0 Å². The van der Waals surface area contributed by atoms with Gasteiger partial charge >= 0.3 is 0 Å². The molecule has 3 rings (SSSR count). The molecule has 1 amide bonds. The minimum atomic E-state index is -3.18. The first kappa shape index (κ1) is 19.9. The minimum absolute atomic E-state index is 0. The number of carbonyl (C=O) groups is 1. The molecule has 0 aromatic carbocycles. The lowest BCUT2D eigenvalue weighted by Gasteiger charge is -2.43. The molecule has 0 radical (unpaired) electrons. The Morgan fingerprint density at radius 3 is 2.38 bits per heavy atom. The van der Waals surface area contributed by atoms with Crippen molar-refractivity contribution in [3.63, 3.8) is 0 Å². The molecule has 2 saturated carbocycles. The van der Waals surface area contributed by atoms with E-state index in [0.717, 1.165) is 38.5 Å². The summed E-state index contributed by atoms with van der Waals surface area (Å²) in [6, 6.07) is 0.183. The van der Waals surface area contributed by atoms with Crippen LogP contribution in [0.5, 0.6) is 0 Å². The number of amides is 1. The molecule has 1 saturated heterocycles. The molecule has 0 aromatic rings. The molecule has 140 valence electrons. The minimum Gasteiger partial charge on any atom is -0.354 e. The smallest absolute Gasteiger partial charge is 0.223 e. The summed E-state index contributed by atoms with van der Waals surface area (Å²) in [6.45, 7) is 1.01. The van der Waals surface area contributed by atoms with Gasteiger partial charge in [-0.15, -0.1) is 12.4 Å². The molecular formula is C16H30ClN3O3S. The lowest BCUT2D eigenvalue weighted by atomic mass is 9.65. The van der Waals surface area contributed by atoms with E-state index in [2.05, 4.69) is 5.32 Å². The fourth-order valence-electron chi connectivity index (χ4n) is 4.82. The van der Waals surface area contributed by atoms with Crippen LogP contribution in [0.25, 0.3) is 0 Å². The van der Waals surface area contributed by atoms with Crippen LogP contribution in [0.1, 0.15) is 44.9 Å². The summed E-state index contributed by atoms with van der Waals surface area (Å²) in [5.41, 5.74) is 6.28. The van der Waals surface area contributed by atoms with Crippen LogP contribution in [0.15, 0.2) is 0 Å². The van der Waals surface area contributed by atoms with Crippen molar-refractivity contribution in [3.8, 4) is 0 Å². The Morgan fingerprint density at radius 2 is 1.79 bits per heavy atom. The number of halogens is 1. The van der Waals surface area contributed by atoms with Gasteiger partial charge in [0.15, 0.2) is 0 Å². The van der Waals surface area contributed by atoms with E-state index in [1.807, 2.05) is 0 Å². The average Bonchev–Trinajstić information content (AvgIpc) is 2.93. The first-order chi connectivity index (χ1) is 10.9. The second kappa shape index (κ2) is 7.89. The highest BCUT2D eigenvalue weighted by molar-refractivity contribution is 7.88. The van der Waals surface area contributed by atoms with Crippen LogP contribution < -0.4 is 11.1 Å². The van der Waals surface area contributed by atoms with Crippen molar-refractivity contribution in [3.05, 3.63) is 0 Å². The normalized spacial score (nSPS) is 36.8. The maximum Gasteiger partial charge on any atom is 0.223 e. The predicted molar refractivity (Wildman–Crippen MR) is 96.4 cm³/mol. The number of hydrogen-bond acceptors (Lipinski definition) is 4. The standard InChI is InChI=1S/C16H29N3O3S.ClH/c1-23(21,22)19-7-3-6-14(19)10-18-16(20)13-8-11-4-2-5-12(9-13)15(11)17;/h11-15H,2-10,17H2,1H3,(H,18,20);1H/t11?,12?,13?,14-,15?;/m1./s1. The first-order valence-corrected chi connectivity index (χ1v) is 10.7. The molecule has 24 heavy (non-hydrogen) atoms. The molecule has 3 fully saturated rings. The highest BCUT2D eigenvalue weighted by atomic mass is 35.5. The van der Waals surface area contributed by atoms with Crippen molar-refractivity contribution in [2.45, 2.75) is 57.0 Å². The monoisotopic (exact) mass is 379 g/mol. The van der Waals surface area contributed by atoms with Gasteiger partial charge in [-0.1, -0.05) is 6.42 Å². The van der Waals surface area contributed by atoms with Crippen LogP contribution in [0.2, 0.25) is 0 Å². The highest BCUT2D eigenvalue weighted by Crippen LogP contribution is 2.41. The molecule has 1 heterocycles. The quantitative estimate of drug-likeness (QED) is 0.765. The number of nitrogens with zero attached hydrogens (tertiary/aromatic N) is 1. The Hall–Kier alpha value is -0.370. The average molecular weight is 380 g/mol. The second-order valence-corrected chi connectivity index (χ2v) is 9.55. The van der Waals surface area contributed by atoms with Gasteiger partial charge in [-0.3, -0.25) is 4.79 Å². The molecule has 8 heteroatoms. The molecular weight excluding hydrogens is 350 g/mol. The Labute approximate surface area is 151 Å². The summed E-state index contributed by atoms with van der Waals surface area (Å²) in [6.07, 6.45) is 8.26. The van der Waals surface area contributed by atoms with Gasteiger partial charge in [-0.05, 0) is 50.4 Å². The molecule has 3 atom stereocenters. The Morgan fingerprint density at radius 1 is 1.17 bits per heavy atom. The lowest BCUT2D eigenvalue weighted by molar-refractivity contribution is -0.128. The number of nitrogens with one attached hydrogen (secondary N) is 1. The van der Waals surface area contributed by atoms with Crippen LogP contribution >= 0.6 is 12.4 Å². The fraction of sp³-hybridized carbons (Fsp3) is 0.938. The number of hydrogen-bond donors (Lipinski definition) is 2.